The average molecular weight is 239 g/mol. The molecule has 1 rings (SSSR count). The van der Waals surface area contributed by atoms with Gasteiger partial charge in [-0.15, -0.1) is 0 Å². The Morgan fingerprint density at radius 2 is 2.00 bits per heavy atom. The molecule has 17 heavy (non-hydrogen) atoms. The number of aryl methyl sites for hydroxylation is 2. The maximum atomic E-state index is 9.23. The molecule has 1 atom stereocenters. The minimum atomic E-state index is -0.0850. The highest BCUT2D eigenvalue weighted by atomic mass is 16.3. The van der Waals surface area contributed by atoms with Crippen LogP contribution in [0.5, 0.6) is 0 Å². The third-order valence-electron chi connectivity index (χ3n) is 3.31. The van der Waals surface area contributed by atoms with E-state index in [0.29, 0.717) is 0 Å². The van der Waals surface area contributed by atoms with E-state index in [2.05, 4.69) is 38.1 Å². The first-order valence-corrected chi connectivity index (χ1v) is 6.13. The van der Waals surface area contributed by atoms with E-state index >= 15 is 0 Å². The van der Waals surface area contributed by atoms with Crippen LogP contribution < -0.4 is 5.32 Å². The first kappa shape index (κ1) is 14.2. The van der Waals surface area contributed by atoms with Crippen molar-refractivity contribution in [1.82, 2.24) is 15.1 Å². The van der Waals surface area contributed by atoms with Crippen LogP contribution in [0.2, 0.25) is 0 Å². The molecular weight excluding hydrogens is 214 g/mol. The highest BCUT2D eigenvalue weighted by Gasteiger charge is 2.20. The number of aliphatic hydroxyl groups excluding tert-OH is 1. The van der Waals surface area contributed by atoms with Crippen molar-refractivity contribution in [3.05, 3.63) is 17.0 Å². The smallest absolute Gasteiger partial charge is 0.0644 e. The predicted molar refractivity (Wildman–Crippen MR) is 70.0 cm³/mol. The highest BCUT2D eigenvalue weighted by Crippen LogP contribution is 2.22. The van der Waals surface area contributed by atoms with Gasteiger partial charge in [-0.05, 0) is 20.8 Å². The predicted octanol–water partition coefficient (Wildman–Crippen LogP) is 1.71. The molecule has 0 aliphatic heterocycles. The third-order valence-corrected chi connectivity index (χ3v) is 3.31. The molecule has 0 saturated carbocycles. The van der Waals surface area contributed by atoms with Crippen molar-refractivity contribution >= 4 is 0 Å². The van der Waals surface area contributed by atoms with Gasteiger partial charge in [-0.2, -0.15) is 5.10 Å². The standard InChI is InChI=1S/C13H25N3O/c1-9(14-7-13(4,5)8-17)12-10(2)15-16(6)11(12)3/h9,14,17H,7-8H2,1-6H3. The monoisotopic (exact) mass is 239 g/mol. The van der Waals surface area contributed by atoms with Gasteiger partial charge < -0.3 is 10.4 Å². The topological polar surface area (TPSA) is 50.1 Å². The summed E-state index contributed by atoms with van der Waals surface area (Å²) >= 11 is 0. The Bertz CT molecular complexity index is 382. The van der Waals surface area contributed by atoms with Gasteiger partial charge in [0, 0.05) is 42.9 Å². The summed E-state index contributed by atoms with van der Waals surface area (Å²) in [5, 5.41) is 17.1. The number of nitrogens with one attached hydrogen (secondary N) is 1. The fraction of sp³-hybridized carbons (Fsp3) is 0.769. The largest absolute Gasteiger partial charge is 0.396 e. The summed E-state index contributed by atoms with van der Waals surface area (Å²) in [7, 11) is 1.97. The van der Waals surface area contributed by atoms with E-state index in [0.717, 1.165) is 12.2 Å². The Kier molecular flexibility index (Phi) is 4.33. The summed E-state index contributed by atoms with van der Waals surface area (Å²) < 4.78 is 1.92. The summed E-state index contributed by atoms with van der Waals surface area (Å²) in [4.78, 5) is 0. The molecule has 0 bridgehead atoms. The highest BCUT2D eigenvalue weighted by molar-refractivity contribution is 5.27. The Balaban J connectivity index is 2.74. The van der Waals surface area contributed by atoms with Crippen LogP contribution in [0.25, 0.3) is 0 Å². The molecule has 0 fully saturated rings. The lowest BCUT2D eigenvalue weighted by Crippen LogP contribution is -2.34. The van der Waals surface area contributed by atoms with Crippen molar-refractivity contribution in [3.8, 4) is 0 Å². The molecule has 4 heteroatoms. The molecule has 0 spiro atoms. The SMILES string of the molecule is Cc1nn(C)c(C)c1C(C)NCC(C)(C)CO. The first-order valence-electron chi connectivity index (χ1n) is 6.13. The van der Waals surface area contributed by atoms with Crippen molar-refractivity contribution in [2.75, 3.05) is 13.2 Å². The van der Waals surface area contributed by atoms with Crippen molar-refractivity contribution in [1.29, 1.82) is 0 Å². The van der Waals surface area contributed by atoms with Crippen molar-refractivity contribution in [2.45, 2.75) is 40.7 Å². The number of hydrogen-bond donors (Lipinski definition) is 2. The van der Waals surface area contributed by atoms with E-state index < -0.39 is 0 Å². The molecule has 0 aromatic carbocycles. The lowest BCUT2D eigenvalue weighted by Gasteiger charge is -2.25. The van der Waals surface area contributed by atoms with Gasteiger partial charge in [0.15, 0.2) is 0 Å². The minimum Gasteiger partial charge on any atom is -0.396 e. The molecule has 1 heterocycles. The van der Waals surface area contributed by atoms with Gasteiger partial charge >= 0.3 is 0 Å². The molecule has 0 amide bonds. The number of aliphatic hydroxyl groups is 1. The summed E-state index contributed by atoms with van der Waals surface area (Å²) in [5.74, 6) is 0. The molecule has 0 radical (unpaired) electrons. The maximum absolute atomic E-state index is 9.23. The second-order valence-corrected chi connectivity index (χ2v) is 5.63. The Morgan fingerprint density at radius 1 is 1.41 bits per heavy atom. The third kappa shape index (κ3) is 3.30. The zero-order valence-corrected chi connectivity index (χ0v) is 11.8. The Morgan fingerprint density at radius 3 is 2.41 bits per heavy atom. The number of rotatable bonds is 5. The van der Waals surface area contributed by atoms with Crippen LogP contribution in [-0.4, -0.2) is 28.0 Å². The van der Waals surface area contributed by atoms with E-state index in [4.69, 9.17) is 0 Å². The zero-order chi connectivity index (χ0) is 13.2. The molecular formula is C13H25N3O. The number of nitrogens with zero attached hydrogens (tertiary/aromatic N) is 2. The molecule has 1 unspecified atom stereocenters. The Hall–Kier alpha value is -0.870. The van der Waals surface area contributed by atoms with E-state index in [1.807, 2.05) is 18.7 Å². The zero-order valence-electron chi connectivity index (χ0n) is 11.8. The minimum absolute atomic E-state index is 0.0850. The second kappa shape index (κ2) is 5.19. The van der Waals surface area contributed by atoms with Gasteiger partial charge in [0.05, 0.1) is 5.69 Å². The summed E-state index contributed by atoms with van der Waals surface area (Å²) in [6.07, 6.45) is 0. The number of hydrogen-bond acceptors (Lipinski definition) is 3. The van der Waals surface area contributed by atoms with Crippen LogP contribution in [0.15, 0.2) is 0 Å². The molecule has 98 valence electrons. The lowest BCUT2D eigenvalue weighted by atomic mass is 9.94. The fourth-order valence-corrected chi connectivity index (χ4v) is 2.00. The first-order chi connectivity index (χ1) is 7.78. The van der Waals surface area contributed by atoms with E-state index in [9.17, 15) is 5.11 Å². The van der Waals surface area contributed by atoms with Gasteiger partial charge in [-0.25, -0.2) is 0 Å². The normalized spacial score (nSPS) is 14.1. The molecule has 1 aromatic heterocycles. The van der Waals surface area contributed by atoms with Crippen molar-refractivity contribution < 1.29 is 5.11 Å². The molecule has 0 aliphatic rings. The maximum Gasteiger partial charge on any atom is 0.0644 e. The van der Waals surface area contributed by atoms with E-state index in [-0.39, 0.29) is 18.1 Å². The summed E-state index contributed by atoms with van der Waals surface area (Å²) in [6.45, 7) is 11.4. The molecule has 1 aromatic rings. The quantitative estimate of drug-likeness (QED) is 0.822. The van der Waals surface area contributed by atoms with Crippen molar-refractivity contribution in [3.63, 3.8) is 0 Å². The Labute approximate surface area is 104 Å². The van der Waals surface area contributed by atoms with Crippen LogP contribution in [0.1, 0.15) is 43.8 Å². The van der Waals surface area contributed by atoms with Crippen LogP contribution in [0, 0.1) is 19.3 Å². The van der Waals surface area contributed by atoms with Gasteiger partial charge in [0.25, 0.3) is 0 Å². The van der Waals surface area contributed by atoms with E-state index in [1.165, 1.54) is 11.3 Å². The molecule has 0 saturated heterocycles. The van der Waals surface area contributed by atoms with Gasteiger partial charge in [0.1, 0.15) is 0 Å². The second-order valence-electron chi connectivity index (χ2n) is 5.63. The van der Waals surface area contributed by atoms with Gasteiger partial charge in [-0.3, -0.25) is 4.68 Å². The van der Waals surface area contributed by atoms with Gasteiger partial charge in [0.2, 0.25) is 0 Å². The number of aromatic nitrogens is 2. The van der Waals surface area contributed by atoms with Crippen LogP contribution in [0.4, 0.5) is 0 Å². The van der Waals surface area contributed by atoms with Gasteiger partial charge in [-0.1, -0.05) is 13.8 Å². The van der Waals surface area contributed by atoms with Crippen LogP contribution in [-0.2, 0) is 7.05 Å². The molecule has 4 nitrogen and oxygen atoms in total. The average Bonchev–Trinajstić information content (AvgIpc) is 2.50. The fourth-order valence-electron chi connectivity index (χ4n) is 2.00. The summed E-state index contributed by atoms with van der Waals surface area (Å²) in [5.41, 5.74) is 3.45. The van der Waals surface area contributed by atoms with Crippen molar-refractivity contribution in [2.24, 2.45) is 12.5 Å². The summed E-state index contributed by atoms with van der Waals surface area (Å²) in [6, 6.07) is 0.259. The molecule has 0 aliphatic carbocycles. The lowest BCUT2D eigenvalue weighted by molar-refractivity contribution is 0.154. The molecule has 2 N–H and O–H groups in total. The van der Waals surface area contributed by atoms with E-state index in [1.54, 1.807) is 0 Å². The van der Waals surface area contributed by atoms with Crippen LogP contribution in [0.3, 0.4) is 0 Å². The van der Waals surface area contributed by atoms with Crippen LogP contribution >= 0.6 is 0 Å².